The molecule has 0 aromatic heterocycles. The van der Waals surface area contributed by atoms with Crippen molar-refractivity contribution in [2.24, 2.45) is 0 Å². The van der Waals surface area contributed by atoms with Crippen molar-refractivity contribution >= 4 is 5.69 Å². The summed E-state index contributed by atoms with van der Waals surface area (Å²) >= 11 is 0. The van der Waals surface area contributed by atoms with Crippen LogP contribution < -0.4 is 9.64 Å². The molecular weight excluding hydrogens is 234 g/mol. The zero-order chi connectivity index (χ0) is 13.7. The van der Waals surface area contributed by atoms with Gasteiger partial charge in [0.25, 0.3) is 0 Å². The Labute approximate surface area is 115 Å². The van der Waals surface area contributed by atoms with Gasteiger partial charge in [-0.3, -0.25) is 0 Å². The van der Waals surface area contributed by atoms with E-state index in [1.807, 2.05) is 13.0 Å². The van der Waals surface area contributed by atoms with Crippen LogP contribution in [0.1, 0.15) is 18.1 Å². The van der Waals surface area contributed by atoms with Gasteiger partial charge in [0.05, 0.1) is 6.61 Å². The largest absolute Gasteiger partial charge is 0.494 e. The zero-order valence-corrected chi connectivity index (χ0v) is 11.9. The minimum Gasteiger partial charge on any atom is -0.494 e. The van der Waals surface area contributed by atoms with Crippen molar-refractivity contribution in [3.8, 4) is 5.75 Å². The molecule has 19 heavy (non-hydrogen) atoms. The van der Waals surface area contributed by atoms with E-state index in [0.717, 1.165) is 12.2 Å². The van der Waals surface area contributed by atoms with Crippen molar-refractivity contribution in [1.29, 1.82) is 0 Å². The first kappa shape index (κ1) is 13.5. The molecule has 0 radical (unpaired) electrons. The van der Waals surface area contributed by atoms with Gasteiger partial charge in [-0.1, -0.05) is 36.4 Å². The number of hydrogen-bond donors (Lipinski definition) is 0. The molecule has 2 heteroatoms. The Hall–Kier alpha value is -1.96. The molecular formula is C17H21NO. The molecule has 0 aliphatic rings. The highest BCUT2D eigenvalue weighted by molar-refractivity contribution is 5.60. The van der Waals surface area contributed by atoms with E-state index in [4.69, 9.17) is 4.74 Å². The number of benzene rings is 2. The maximum absolute atomic E-state index is 5.77. The summed E-state index contributed by atoms with van der Waals surface area (Å²) < 4.78 is 5.77. The highest BCUT2D eigenvalue weighted by atomic mass is 16.5. The second-order valence-corrected chi connectivity index (χ2v) is 4.74. The molecule has 0 heterocycles. The van der Waals surface area contributed by atoms with Gasteiger partial charge in [-0.2, -0.15) is 0 Å². The molecule has 2 aromatic carbocycles. The Balaban J connectivity index is 2.40. The molecule has 0 spiro atoms. The molecule has 100 valence electrons. The molecule has 0 unspecified atom stereocenters. The maximum Gasteiger partial charge on any atom is 0.124 e. The van der Waals surface area contributed by atoms with E-state index in [1.54, 1.807) is 0 Å². The third-order valence-electron chi connectivity index (χ3n) is 3.11. The first-order chi connectivity index (χ1) is 9.22. The van der Waals surface area contributed by atoms with Crippen molar-refractivity contribution in [3.63, 3.8) is 0 Å². The maximum atomic E-state index is 5.77. The molecule has 0 aliphatic carbocycles. The van der Waals surface area contributed by atoms with Gasteiger partial charge in [0.15, 0.2) is 0 Å². The summed E-state index contributed by atoms with van der Waals surface area (Å²) in [5.41, 5.74) is 3.77. The van der Waals surface area contributed by atoms with Gasteiger partial charge in [-0.05, 0) is 24.6 Å². The quantitative estimate of drug-likeness (QED) is 0.807. The molecule has 0 bridgehead atoms. The number of hydrogen-bond acceptors (Lipinski definition) is 2. The van der Waals surface area contributed by atoms with Crippen molar-refractivity contribution in [2.45, 2.75) is 13.3 Å². The Morgan fingerprint density at radius 2 is 1.68 bits per heavy atom. The highest BCUT2D eigenvalue weighted by Gasteiger charge is 2.11. The minimum absolute atomic E-state index is 0.693. The van der Waals surface area contributed by atoms with E-state index >= 15 is 0 Å². The second kappa shape index (κ2) is 6.28. The molecule has 0 aliphatic heterocycles. The predicted octanol–water partition coefficient (Wildman–Crippen LogP) is 3.74. The standard InChI is InChI=1S/C17H21NO/c1-4-19-17-12-8-11-16(18(2)3)15(17)13-14-9-6-5-7-10-14/h5-12H,4,13H2,1-3H3. The Kier molecular flexibility index (Phi) is 4.45. The summed E-state index contributed by atoms with van der Waals surface area (Å²) in [4.78, 5) is 2.14. The Morgan fingerprint density at radius 1 is 0.947 bits per heavy atom. The summed E-state index contributed by atoms with van der Waals surface area (Å²) in [7, 11) is 4.14. The van der Waals surface area contributed by atoms with Gasteiger partial charge in [0.1, 0.15) is 5.75 Å². The van der Waals surface area contributed by atoms with E-state index in [-0.39, 0.29) is 0 Å². The van der Waals surface area contributed by atoms with Gasteiger partial charge < -0.3 is 9.64 Å². The van der Waals surface area contributed by atoms with E-state index in [9.17, 15) is 0 Å². The zero-order valence-electron chi connectivity index (χ0n) is 11.9. The fourth-order valence-corrected chi connectivity index (χ4v) is 2.24. The molecule has 0 amide bonds. The number of nitrogens with zero attached hydrogens (tertiary/aromatic N) is 1. The number of ether oxygens (including phenoxy) is 1. The molecule has 2 rings (SSSR count). The molecule has 0 fully saturated rings. The lowest BCUT2D eigenvalue weighted by atomic mass is 10.0. The van der Waals surface area contributed by atoms with Crippen LogP contribution >= 0.6 is 0 Å². The third-order valence-corrected chi connectivity index (χ3v) is 3.11. The lowest BCUT2D eigenvalue weighted by Crippen LogP contribution is -2.12. The van der Waals surface area contributed by atoms with E-state index < -0.39 is 0 Å². The van der Waals surface area contributed by atoms with Crippen LogP contribution in [0.4, 0.5) is 5.69 Å². The molecule has 2 aromatic rings. The monoisotopic (exact) mass is 255 g/mol. The van der Waals surface area contributed by atoms with E-state index in [2.05, 4.69) is 61.5 Å². The fraction of sp³-hybridized carbons (Fsp3) is 0.294. The molecule has 2 nitrogen and oxygen atoms in total. The molecule has 0 saturated heterocycles. The van der Waals surface area contributed by atoms with Crippen molar-refractivity contribution in [2.75, 3.05) is 25.6 Å². The second-order valence-electron chi connectivity index (χ2n) is 4.74. The Bertz CT molecular complexity index is 520. The smallest absolute Gasteiger partial charge is 0.124 e. The van der Waals surface area contributed by atoms with Crippen LogP contribution in [-0.2, 0) is 6.42 Å². The van der Waals surface area contributed by atoms with E-state index in [1.165, 1.54) is 16.8 Å². The average molecular weight is 255 g/mol. The van der Waals surface area contributed by atoms with Gasteiger partial charge in [-0.25, -0.2) is 0 Å². The first-order valence-corrected chi connectivity index (χ1v) is 6.68. The molecule has 0 atom stereocenters. The van der Waals surface area contributed by atoms with Gasteiger partial charge in [-0.15, -0.1) is 0 Å². The minimum atomic E-state index is 0.693. The van der Waals surface area contributed by atoms with Crippen LogP contribution in [-0.4, -0.2) is 20.7 Å². The number of anilines is 1. The van der Waals surface area contributed by atoms with Crippen LogP contribution in [0.5, 0.6) is 5.75 Å². The molecule has 0 saturated carbocycles. The average Bonchev–Trinajstić information content (AvgIpc) is 2.42. The lowest BCUT2D eigenvalue weighted by molar-refractivity contribution is 0.337. The fourth-order valence-electron chi connectivity index (χ4n) is 2.24. The van der Waals surface area contributed by atoms with Crippen LogP contribution in [0, 0.1) is 0 Å². The van der Waals surface area contributed by atoms with E-state index in [0.29, 0.717) is 6.61 Å². The van der Waals surface area contributed by atoms with Crippen molar-refractivity contribution in [3.05, 3.63) is 59.7 Å². The van der Waals surface area contributed by atoms with Crippen LogP contribution in [0.3, 0.4) is 0 Å². The highest BCUT2D eigenvalue weighted by Crippen LogP contribution is 2.30. The summed E-state index contributed by atoms with van der Waals surface area (Å²) in [5.74, 6) is 0.984. The number of rotatable bonds is 5. The SMILES string of the molecule is CCOc1cccc(N(C)C)c1Cc1ccccc1. The topological polar surface area (TPSA) is 12.5 Å². The third kappa shape index (κ3) is 3.28. The van der Waals surface area contributed by atoms with Crippen LogP contribution in [0.2, 0.25) is 0 Å². The van der Waals surface area contributed by atoms with Gasteiger partial charge in [0, 0.05) is 31.8 Å². The first-order valence-electron chi connectivity index (χ1n) is 6.68. The normalized spacial score (nSPS) is 10.3. The van der Waals surface area contributed by atoms with Crippen molar-refractivity contribution < 1.29 is 4.74 Å². The van der Waals surface area contributed by atoms with Gasteiger partial charge >= 0.3 is 0 Å². The Morgan fingerprint density at radius 3 is 2.32 bits per heavy atom. The summed E-state index contributed by atoms with van der Waals surface area (Å²) in [6, 6.07) is 16.8. The molecule has 0 N–H and O–H groups in total. The summed E-state index contributed by atoms with van der Waals surface area (Å²) in [6.45, 7) is 2.72. The lowest BCUT2D eigenvalue weighted by Gasteiger charge is -2.20. The summed E-state index contributed by atoms with van der Waals surface area (Å²) in [6.07, 6.45) is 0.893. The predicted molar refractivity (Wildman–Crippen MR) is 81.2 cm³/mol. The summed E-state index contributed by atoms with van der Waals surface area (Å²) in [5, 5.41) is 0. The van der Waals surface area contributed by atoms with Gasteiger partial charge in [0.2, 0.25) is 0 Å². The van der Waals surface area contributed by atoms with Crippen molar-refractivity contribution in [1.82, 2.24) is 0 Å². The van der Waals surface area contributed by atoms with Crippen LogP contribution in [0.25, 0.3) is 0 Å². The van der Waals surface area contributed by atoms with Crippen LogP contribution in [0.15, 0.2) is 48.5 Å².